The van der Waals surface area contributed by atoms with Gasteiger partial charge in [0.2, 0.25) is 0 Å². The average molecular weight is 272 g/mol. The Hall–Kier alpha value is -0.690. The van der Waals surface area contributed by atoms with Crippen LogP contribution in [0.1, 0.15) is 18.2 Å². The zero-order valence-corrected chi connectivity index (χ0v) is 11.4. The van der Waals surface area contributed by atoms with Gasteiger partial charge in [0.05, 0.1) is 0 Å². The summed E-state index contributed by atoms with van der Waals surface area (Å²) in [6.45, 7) is 3.41. The van der Waals surface area contributed by atoms with Crippen LogP contribution < -0.4 is 5.73 Å². The third kappa shape index (κ3) is 2.60. The summed E-state index contributed by atoms with van der Waals surface area (Å²) in [5, 5.41) is 0. The SMILES string of the molecule is CC1=CCCN(S(=O)(=O)c2ccc(CN)s2)C1. The average Bonchev–Trinajstić information content (AvgIpc) is 2.78. The van der Waals surface area contributed by atoms with Crippen molar-refractivity contribution in [2.45, 2.75) is 24.1 Å². The van der Waals surface area contributed by atoms with Crippen LogP contribution in [0.4, 0.5) is 0 Å². The highest BCUT2D eigenvalue weighted by molar-refractivity contribution is 7.91. The number of hydrogen-bond donors (Lipinski definition) is 1. The Balaban J connectivity index is 2.27. The minimum atomic E-state index is -3.33. The van der Waals surface area contributed by atoms with E-state index in [0.29, 0.717) is 23.8 Å². The first kappa shape index (κ1) is 12.8. The molecule has 1 aliphatic rings. The molecule has 2 heterocycles. The van der Waals surface area contributed by atoms with Gasteiger partial charge in [-0.2, -0.15) is 4.31 Å². The Labute approximate surface area is 106 Å². The molecule has 0 unspecified atom stereocenters. The molecule has 17 heavy (non-hydrogen) atoms. The second-order valence-electron chi connectivity index (χ2n) is 4.10. The zero-order chi connectivity index (χ0) is 12.5. The van der Waals surface area contributed by atoms with Crippen molar-refractivity contribution in [1.29, 1.82) is 0 Å². The van der Waals surface area contributed by atoms with Gasteiger partial charge in [-0.3, -0.25) is 0 Å². The van der Waals surface area contributed by atoms with Crippen molar-refractivity contribution >= 4 is 21.4 Å². The van der Waals surface area contributed by atoms with E-state index < -0.39 is 10.0 Å². The topological polar surface area (TPSA) is 63.4 Å². The minimum absolute atomic E-state index is 0.388. The van der Waals surface area contributed by atoms with E-state index in [2.05, 4.69) is 6.08 Å². The van der Waals surface area contributed by atoms with Gasteiger partial charge in [-0.1, -0.05) is 11.6 Å². The predicted molar refractivity (Wildman–Crippen MR) is 69.3 cm³/mol. The summed E-state index contributed by atoms with van der Waals surface area (Å²) in [6.07, 6.45) is 2.88. The van der Waals surface area contributed by atoms with Crippen molar-refractivity contribution in [3.8, 4) is 0 Å². The number of nitrogens with zero attached hydrogens (tertiary/aromatic N) is 1. The molecule has 1 aliphatic heterocycles. The fraction of sp³-hybridized carbons (Fsp3) is 0.455. The highest BCUT2D eigenvalue weighted by atomic mass is 32.2. The van der Waals surface area contributed by atoms with E-state index in [-0.39, 0.29) is 0 Å². The third-order valence-corrected chi connectivity index (χ3v) is 6.15. The fourth-order valence-electron chi connectivity index (χ4n) is 1.82. The van der Waals surface area contributed by atoms with Crippen molar-refractivity contribution in [1.82, 2.24) is 4.31 Å². The van der Waals surface area contributed by atoms with Crippen LogP contribution in [0.15, 0.2) is 28.0 Å². The molecule has 2 N–H and O–H groups in total. The molecule has 4 nitrogen and oxygen atoms in total. The number of hydrogen-bond acceptors (Lipinski definition) is 4. The van der Waals surface area contributed by atoms with Gasteiger partial charge in [-0.05, 0) is 25.5 Å². The van der Waals surface area contributed by atoms with E-state index in [1.807, 2.05) is 6.92 Å². The van der Waals surface area contributed by atoms with Crippen LogP contribution in [0, 0.1) is 0 Å². The first-order valence-corrected chi connectivity index (χ1v) is 7.74. The molecule has 0 saturated carbocycles. The molecule has 0 radical (unpaired) electrons. The first-order valence-electron chi connectivity index (χ1n) is 5.48. The van der Waals surface area contributed by atoms with Gasteiger partial charge in [-0.15, -0.1) is 11.3 Å². The van der Waals surface area contributed by atoms with Crippen molar-refractivity contribution in [2.24, 2.45) is 5.73 Å². The van der Waals surface area contributed by atoms with Gasteiger partial charge in [0.25, 0.3) is 10.0 Å². The largest absolute Gasteiger partial charge is 0.326 e. The number of nitrogens with two attached hydrogens (primary N) is 1. The van der Waals surface area contributed by atoms with E-state index >= 15 is 0 Å². The lowest BCUT2D eigenvalue weighted by Gasteiger charge is -2.24. The quantitative estimate of drug-likeness (QED) is 0.849. The second kappa shape index (κ2) is 4.89. The third-order valence-electron chi connectivity index (χ3n) is 2.73. The van der Waals surface area contributed by atoms with Gasteiger partial charge >= 0.3 is 0 Å². The van der Waals surface area contributed by atoms with Crippen LogP contribution in [-0.4, -0.2) is 25.8 Å². The molecule has 94 valence electrons. The van der Waals surface area contributed by atoms with Crippen LogP contribution in [0.3, 0.4) is 0 Å². The molecule has 0 amide bonds. The molecule has 0 bridgehead atoms. The number of thiophene rings is 1. The molecule has 0 spiro atoms. The van der Waals surface area contributed by atoms with Gasteiger partial charge in [0, 0.05) is 24.5 Å². The van der Waals surface area contributed by atoms with Gasteiger partial charge in [-0.25, -0.2) is 8.42 Å². The highest BCUT2D eigenvalue weighted by Gasteiger charge is 2.27. The first-order chi connectivity index (χ1) is 8.04. The summed E-state index contributed by atoms with van der Waals surface area (Å²) in [6, 6.07) is 3.43. The van der Waals surface area contributed by atoms with Crippen molar-refractivity contribution < 1.29 is 8.42 Å². The van der Waals surface area contributed by atoms with Crippen LogP contribution in [0.25, 0.3) is 0 Å². The molecule has 0 aromatic carbocycles. The van der Waals surface area contributed by atoms with E-state index in [0.717, 1.165) is 16.9 Å². The lowest BCUT2D eigenvalue weighted by molar-refractivity contribution is 0.429. The lowest BCUT2D eigenvalue weighted by Crippen LogP contribution is -2.34. The minimum Gasteiger partial charge on any atom is -0.326 e. The number of sulfonamides is 1. The van der Waals surface area contributed by atoms with E-state index in [9.17, 15) is 8.42 Å². The standard InChI is InChI=1S/C11H16N2O2S2/c1-9-3-2-6-13(8-9)17(14,15)11-5-4-10(7-12)16-11/h3-5H,2,6-8,12H2,1H3. The Morgan fingerprint density at radius 1 is 1.47 bits per heavy atom. The van der Waals surface area contributed by atoms with Crippen LogP contribution >= 0.6 is 11.3 Å². The fourth-order valence-corrected chi connectivity index (χ4v) is 4.70. The number of rotatable bonds is 3. The monoisotopic (exact) mass is 272 g/mol. The molecule has 6 heteroatoms. The van der Waals surface area contributed by atoms with Gasteiger partial charge < -0.3 is 5.73 Å². The molecular formula is C11H16N2O2S2. The molecule has 1 aromatic heterocycles. The van der Waals surface area contributed by atoms with Crippen LogP contribution in [0.5, 0.6) is 0 Å². The molecule has 2 rings (SSSR count). The molecule has 0 fully saturated rings. The van der Waals surface area contributed by atoms with E-state index in [1.54, 1.807) is 12.1 Å². The van der Waals surface area contributed by atoms with Crippen molar-refractivity contribution in [3.05, 3.63) is 28.7 Å². The van der Waals surface area contributed by atoms with Crippen LogP contribution in [-0.2, 0) is 16.6 Å². The molecule has 0 saturated heterocycles. The summed E-state index contributed by atoms with van der Waals surface area (Å²) < 4.78 is 26.6. The maximum atomic E-state index is 12.3. The van der Waals surface area contributed by atoms with Gasteiger partial charge in [0.1, 0.15) is 4.21 Å². The molecule has 0 aliphatic carbocycles. The highest BCUT2D eigenvalue weighted by Crippen LogP contribution is 2.26. The van der Waals surface area contributed by atoms with E-state index in [4.69, 9.17) is 5.73 Å². The summed E-state index contributed by atoms with van der Waals surface area (Å²) in [5.41, 5.74) is 6.61. The Kier molecular flexibility index (Phi) is 3.67. The summed E-state index contributed by atoms with van der Waals surface area (Å²) >= 11 is 1.26. The Morgan fingerprint density at radius 3 is 2.82 bits per heavy atom. The van der Waals surface area contributed by atoms with Crippen LogP contribution in [0.2, 0.25) is 0 Å². The van der Waals surface area contributed by atoms with E-state index in [1.165, 1.54) is 15.6 Å². The Bertz CT molecular complexity index is 531. The van der Waals surface area contributed by atoms with Crippen molar-refractivity contribution in [3.63, 3.8) is 0 Å². The predicted octanol–water partition coefficient (Wildman–Crippen LogP) is 1.55. The van der Waals surface area contributed by atoms with Crippen molar-refractivity contribution in [2.75, 3.05) is 13.1 Å². The molecular weight excluding hydrogens is 256 g/mol. The second-order valence-corrected chi connectivity index (χ2v) is 7.44. The summed E-state index contributed by atoms with van der Waals surface area (Å²) in [5.74, 6) is 0. The maximum Gasteiger partial charge on any atom is 0.252 e. The smallest absolute Gasteiger partial charge is 0.252 e. The van der Waals surface area contributed by atoms with Gasteiger partial charge in [0.15, 0.2) is 0 Å². The molecule has 0 atom stereocenters. The zero-order valence-electron chi connectivity index (χ0n) is 9.72. The maximum absolute atomic E-state index is 12.3. The lowest BCUT2D eigenvalue weighted by atomic mass is 10.2. The summed E-state index contributed by atoms with van der Waals surface area (Å²) in [7, 11) is -3.33. The molecule has 1 aromatic rings. The Morgan fingerprint density at radius 2 is 2.24 bits per heavy atom. The summed E-state index contributed by atoms with van der Waals surface area (Å²) in [4.78, 5) is 0.896. The normalized spacial score (nSPS) is 18.1.